The number of benzene rings is 1. The fraction of sp³-hybridized carbons (Fsp3) is 0.450. The van der Waals surface area contributed by atoms with Crippen molar-refractivity contribution in [3.05, 3.63) is 54.0 Å². The quantitative estimate of drug-likeness (QED) is 0.890. The fourth-order valence-corrected chi connectivity index (χ4v) is 3.89. The summed E-state index contributed by atoms with van der Waals surface area (Å²) in [5, 5.41) is 3.69. The SMILES string of the molecule is Fc1ccccc1Oc1cc(CNC2CCC23CCOCC3)ccn1. The maximum atomic E-state index is 13.7. The summed E-state index contributed by atoms with van der Waals surface area (Å²) in [7, 11) is 0. The van der Waals surface area contributed by atoms with Gasteiger partial charge in [0.15, 0.2) is 11.6 Å². The molecular weight excluding hydrogens is 319 g/mol. The van der Waals surface area contributed by atoms with Gasteiger partial charge in [-0.1, -0.05) is 12.1 Å². The number of ether oxygens (including phenoxy) is 2. The van der Waals surface area contributed by atoms with Crippen molar-refractivity contribution in [2.24, 2.45) is 5.41 Å². The van der Waals surface area contributed by atoms with E-state index in [4.69, 9.17) is 9.47 Å². The van der Waals surface area contributed by atoms with Gasteiger partial charge in [0.05, 0.1) is 0 Å². The zero-order valence-electron chi connectivity index (χ0n) is 14.2. The van der Waals surface area contributed by atoms with Crippen LogP contribution in [0.25, 0.3) is 0 Å². The first-order chi connectivity index (χ1) is 12.3. The van der Waals surface area contributed by atoms with Crippen molar-refractivity contribution in [1.82, 2.24) is 10.3 Å². The molecular formula is C20H23FN2O2. The molecule has 1 spiro atoms. The van der Waals surface area contributed by atoms with Gasteiger partial charge in [0.1, 0.15) is 0 Å². The van der Waals surface area contributed by atoms with Gasteiger partial charge in [-0.25, -0.2) is 9.37 Å². The second-order valence-corrected chi connectivity index (χ2v) is 6.98. The number of nitrogens with zero attached hydrogens (tertiary/aromatic N) is 1. The summed E-state index contributed by atoms with van der Waals surface area (Å²) in [4.78, 5) is 4.19. The Hall–Kier alpha value is -1.98. The highest BCUT2D eigenvalue weighted by molar-refractivity contribution is 5.30. The molecule has 25 heavy (non-hydrogen) atoms. The summed E-state index contributed by atoms with van der Waals surface area (Å²) in [6.07, 6.45) is 6.54. The Bertz CT molecular complexity index is 731. The topological polar surface area (TPSA) is 43.4 Å². The lowest BCUT2D eigenvalue weighted by atomic mass is 9.60. The fourth-order valence-electron chi connectivity index (χ4n) is 3.89. The van der Waals surface area contributed by atoms with Crippen LogP contribution in [0.2, 0.25) is 0 Å². The van der Waals surface area contributed by atoms with Crippen LogP contribution in [0.3, 0.4) is 0 Å². The second kappa shape index (κ2) is 7.10. The largest absolute Gasteiger partial charge is 0.436 e. The van der Waals surface area contributed by atoms with Crippen LogP contribution in [0, 0.1) is 11.2 Å². The number of para-hydroxylation sites is 1. The summed E-state index contributed by atoms with van der Waals surface area (Å²) in [6.45, 7) is 2.53. The highest BCUT2D eigenvalue weighted by atomic mass is 19.1. The molecule has 1 aromatic carbocycles. The monoisotopic (exact) mass is 342 g/mol. The summed E-state index contributed by atoms with van der Waals surface area (Å²) >= 11 is 0. The van der Waals surface area contributed by atoms with E-state index in [9.17, 15) is 4.39 Å². The van der Waals surface area contributed by atoms with E-state index in [1.807, 2.05) is 12.1 Å². The molecule has 0 bridgehead atoms. The van der Waals surface area contributed by atoms with Crippen LogP contribution in [0.4, 0.5) is 4.39 Å². The van der Waals surface area contributed by atoms with Gasteiger partial charge < -0.3 is 14.8 Å². The second-order valence-electron chi connectivity index (χ2n) is 6.98. The number of hydrogen-bond donors (Lipinski definition) is 1. The lowest BCUT2D eigenvalue weighted by molar-refractivity contribution is -0.0552. The Kier molecular flexibility index (Phi) is 4.68. The average molecular weight is 342 g/mol. The van der Waals surface area contributed by atoms with E-state index >= 15 is 0 Å². The van der Waals surface area contributed by atoms with E-state index in [0.717, 1.165) is 38.2 Å². The van der Waals surface area contributed by atoms with Gasteiger partial charge in [0.25, 0.3) is 0 Å². The first-order valence-electron chi connectivity index (χ1n) is 8.94. The molecule has 4 rings (SSSR count). The molecule has 0 radical (unpaired) electrons. The third kappa shape index (κ3) is 3.53. The molecule has 4 nitrogen and oxygen atoms in total. The van der Waals surface area contributed by atoms with E-state index in [0.29, 0.717) is 17.3 Å². The Morgan fingerprint density at radius 3 is 2.80 bits per heavy atom. The van der Waals surface area contributed by atoms with Crippen LogP contribution in [0.1, 0.15) is 31.2 Å². The van der Waals surface area contributed by atoms with Gasteiger partial charge in [-0.2, -0.15) is 0 Å². The Morgan fingerprint density at radius 1 is 1.20 bits per heavy atom. The maximum Gasteiger partial charge on any atom is 0.219 e. The van der Waals surface area contributed by atoms with Gasteiger partial charge in [0, 0.05) is 38.1 Å². The highest BCUT2D eigenvalue weighted by Gasteiger charge is 2.46. The minimum atomic E-state index is -0.385. The molecule has 2 aromatic rings. The Balaban J connectivity index is 1.38. The average Bonchev–Trinajstić information content (AvgIpc) is 2.64. The van der Waals surface area contributed by atoms with E-state index in [-0.39, 0.29) is 11.6 Å². The normalized spacial score (nSPS) is 21.7. The standard InChI is InChI=1S/C20H23FN2O2/c21-16-3-1-2-4-17(16)25-19-13-15(6-10-22-19)14-23-18-5-7-20(18)8-11-24-12-9-20/h1-4,6,10,13,18,23H,5,7-9,11-12,14H2. The third-order valence-corrected chi connectivity index (χ3v) is 5.56. The third-order valence-electron chi connectivity index (χ3n) is 5.56. The lowest BCUT2D eigenvalue weighted by Crippen LogP contribution is -2.55. The van der Waals surface area contributed by atoms with Crippen molar-refractivity contribution in [3.8, 4) is 11.6 Å². The van der Waals surface area contributed by atoms with Crippen LogP contribution in [0.5, 0.6) is 11.6 Å². The van der Waals surface area contributed by atoms with Crippen LogP contribution in [0.15, 0.2) is 42.6 Å². The van der Waals surface area contributed by atoms with Gasteiger partial charge in [0.2, 0.25) is 5.88 Å². The molecule has 132 valence electrons. The molecule has 1 aromatic heterocycles. The van der Waals surface area contributed by atoms with Crippen LogP contribution in [-0.2, 0) is 11.3 Å². The van der Waals surface area contributed by atoms with Gasteiger partial charge >= 0.3 is 0 Å². The van der Waals surface area contributed by atoms with Crippen molar-refractivity contribution in [1.29, 1.82) is 0 Å². The number of halogens is 1. The van der Waals surface area contributed by atoms with Crippen molar-refractivity contribution in [2.45, 2.75) is 38.3 Å². The van der Waals surface area contributed by atoms with Crippen molar-refractivity contribution < 1.29 is 13.9 Å². The first-order valence-corrected chi connectivity index (χ1v) is 8.94. The molecule has 2 heterocycles. The molecule has 5 heteroatoms. The molecule has 1 N–H and O–H groups in total. The number of pyridine rings is 1. The van der Waals surface area contributed by atoms with Crippen LogP contribution in [-0.4, -0.2) is 24.2 Å². The molecule has 1 aliphatic carbocycles. The summed E-state index contributed by atoms with van der Waals surface area (Å²) in [5.74, 6) is 0.225. The van der Waals surface area contributed by atoms with Crippen molar-refractivity contribution in [2.75, 3.05) is 13.2 Å². The number of nitrogens with one attached hydrogen (secondary N) is 1. The van der Waals surface area contributed by atoms with E-state index in [2.05, 4.69) is 10.3 Å². The number of rotatable bonds is 5. The number of aromatic nitrogens is 1. The Morgan fingerprint density at radius 2 is 2.04 bits per heavy atom. The summed E-state index contributed by atoms with van der Waals surface area (Å²) in [5.41, 5.74) is 1.52. The Labute approximate surface area is 147 Å². The molecule has 1 atom stereocenters. The minimum absolute atomic E-state index is 0.195. The number of hydrogen-bond acceptors (Lipinski definition) is 4. The minimum Gasteiger partial charge on any atom is -0.436 e. The predicted octanol–water partition coefficient (Wildman–Crippen LogP) is 4.06. The summed E-state index contributed by atoms with van der Waals surface area (Å²) < 4.78 is 24.8. The molecule has 1 saturated carbocycles. The highest BCUT2D eigenvalue weighted by Crippen LogP contribution is 2.48. The molecule has 1 aliphatic heterocycles. The van der Waals surface area contributed by atoms with Crippen LogP contribution < -0.4 is 10.1 Å². The molecule has 1 unspecified atom stereocenters. The van der Waals surface area contributed by atoms with Gasteiger partial charge in [-0.3, -0.25) is 0 Å². The molecule has 2 fully saturated rings. The molecule has 0 amide bonds. The maximum absolute atomic E-state index is 13.7. The molecule has 2 aliphatic rings. The van der Waals surface area contributed by atoms with E-state index in [1.54, 1.807) is 24.4 Å². The van der Waals surface area contributed by atoms with Crippen LogP contribution >= 0.6 is 0 Å². The lowest BCUT2D eigenvalue weighted by Gasteiger charge is -2.52. The predicted molar refractivity (Wildman–Crippen MR) is 93.1 cm³/mol. The van der Waals surface area contributed by atoms with Crippen molar-refractivity contribution in [3.63, 3.8) is 0 Å². The molecule has 1 saturated heterocycles. The van der Waals surface area contributed by atoms with Gasteiger partial charge in [-0.15, -0.1) is 0 Å². The first kappa shape index (κ1) is 16.5. The zero-order chi connectivity index (χ0) is 17.1. The van der Waals surface area contributed by atoms with Crippen molar-refractivity contribution >= 4 is 0 Å². The van der Waals surface area contributed by atoms with E-state index < -0.39 is 0 Å². The summed E-state index contributed by atoms with van der Waals surface area (Å²) in [6, 6.07) is 10.8. The smallest absolute Gasteiger partial charge is 0.219 e. The van der Waals surface area contributed by atoms with Gasteiger partial charge in [-0.05, 0) is 54.9 Å². The zero-order valence-corrected chi connectivity index (χ0v) is 14.2. The van der Waals surface area contributed by atoms with E-state index in [1.165, 1.54) is 18.9 Å².